The highest BCUT2D eigenvalue weighted by atomic mass is 16.2. The smallest absolute Gasteiger partial charge is 0.278 e. The number of rotatable bonds is 4. The standard InChI is InChI=1S/C21H22N8O/c1-14-19(25-26-29(14)18-12-23-27(2)13-18)21(30)24-16-8-6-15(7-9-16)20-22-11-17-5-3-4-10-28(17)20/h6-9,11-13H,3-5,10H2,1-2H3,(H,24,30). The average molecular weight is 402 g/mol. The van der Waals surface area contributed by atoms with Crippen molar-refractivity contribution in [2.45, 2.75) is 32.7 Å². The number of carbonyl (C=O) groups excluding carboxylic acids is 1. The van der Waals surface area contributed by atoms with E-state index in [0.717, 1.165) is 30.0 Å². The van der Waals surface area contributed by atoms with Gasteiger partial charge in [-0.15, -0.1) is 5.10 Å². The van der Waals surface area contributed by atoms with Crippen molar-refractivity contribution in [2.75, 3.05) is 5.32 Å². The molecule has 1 amide bonds. The zero-order chi connectivity index (χ0) is 20.7. The first-order chi connectivity index (χ1) is 14.6. The van der Waals surface area contributed by atoms with E-state index in [1.165, 1.54) is 18.5 Å². The van der Waals surface area contributed by atoms with Gasteiger partial charge in [0, 0.05) is 36.7 Å². The Morgan fingerprint density at radius 3 is 2.73 bits per heavy atom. The number of amides is 1. The number of imidazole rings is 1. The second-order valence-corrected chi connectivity index (χ2v) is 7.52. The van der Waals surface area contributed by atoms with Crippen molar-refractivity contribution in [3.8, 4) is 17.1 Å². The molecule has 0 bridgehead atoms. The fourth-order valence-corrected chi connectivity index (χ4v) is 3.86. The van der Waals surface area contributed by atoms with Crippen LogP contribution in [0.4, 0.5) is 5.69 Å². The van der Waals surface area contributed by atoms with Crippen molar-refractivity contribution in [1.29, 1.82) is 0 Å². The molecule has 30 heavy (non-hydrogen) atoms. The maximum absolute atomic E-state index is 12.7. The largest absolute Gasteiger partial charge is 0.328 e. The molecule has 0 saturated carbocycles. The Balaban J connectivity index is 1.34. The van der Waals surface area contributed by atoms with Gasteiger partial charge in [0.15, 0.2) is 5.69 Å². The number of aromatic nitrogens is 7. The monoisotopic (exact) mass is 402 g/mol. The molecule has 0 unspecified atom stereocenters. The van der Waals surface area contributed by atoms with Crippen LogP contribution in [0, 0.1) is 6.92 Å². The fraction of sp³-hybridized carbons (Fsp3) is 0.286. The summed E-state index contributed by atoms with van der Waals surface area (Å²) >= 11 is 0. The summed E-state index contributed by atoms with van der Waals surface area (Å²) in [6.07, 6.45) is 8.95. The number of aryl methyl sites for hydroxylation is 2. The molecule has 0 fully saturated rings. The minimum atomic E-state index is -0.298. The Hall–Kier alpha value is -3.75. The molecule has 5 rings (SSSR count). The highest BCUT2D eigenvalue weighted by Gasteiger charge is 2.19. The van der Waals surface area contributed by atoms with Crippen molar-refractivity contribution in [1.82, 2.24) is 34.3 Å². The van der Waals surface area contributed by atoms with Crippen LogP contribution in [0.2, 0.25) is 0 Å². The summed E-state index contributed by atoms with van der Waals surface area (Å²) < 4.78 is 5.57. The average Bonchev–Trinajstić information content (AvgIpc) is 3.47. The number of benzene rings is 1. The highest BCUT2D eigenvalue weighted by molar-refractivity contribution is 6.03. The first-order valence-corrected chi connectivity index (χ1v) is 9.97. The van der Waals surface area contributed by atoms with E-state index in [9.17, 15) is 4.79 Å². The molecule has 0 aliphatic carbocycles. The van der Waals surface area contributed by atoms with Crippen molar-refractivity contribution in [3.05, 3.63) is 59.9 Å². The molecule has 9 heteroatoms. The van der Waals surface area contributed by atoms with Gasteiger partial charge >= 0.3 is 0 Å². The molecule has 3 aromatic heterocycles. The summed E-state index contributed by atoms with van der Waals surface area (Å²) in [5.41, 5.74) is 4.73. The number of nitrogens with one attached hydrogen (secondary N) is 1. The molecule has 1 aliphatic heterocycles. The van der Waals surface area contributed by atoms with Crippen LogP contribution in [0.1, 0.15) is 34.7 Å². The van der Waals surface area contributed by atoms with E-state index in [-0.39, 0.29) is 11.6 Å². The third-order valence-corrected chi connectivity index (χ3v) is 5.45. The van der Waals surface area contributed by atoms with E-state index >= 15 is 0 Å². The number of hydrogen-bond donors (Lipinski definition) is 1. The lowest BCUT2D eigenvalue weighted by atomic mass is 10.1. The lowest BCUT2D eigenvalue weighted by Crippen LogP contribution is -2.14. The number of carbonyl (C=O) groups is 1. The summed E-state index contributed by atoms with van der Waals surface area (Å²) in [4.78, 5) is 17.3. The molecule has 0 radical (unpaired) electrons. The molecule has 4 aromatic rings. The van der Waals surface area contributed by atoms with E-state index in [0.29, 0.717) is 11.4 Å². The highest BCUT2D eigenvalue weighted by Crippen LogP contribution is 2.25. The molecular weight excluding hydrogens is 380 g/mol. The van der Waals surface area contributed by atoms with E-state index in [2.05, 4.69) is 30.3 Å². The molecule has 0 spiro atoms. The third-order valence-electron chi connectivity index (χ3n) is 5.45. The van der Waals surface area contributed by atoms with Gasteiger partial charge in [0.1, 0.15) is 11.5 Å². The van der Waals surface area contributed by atoms with Gasteiger partial charge in [0.25, 0.3) is 5.91 Å². The van der Waals surface area contributed by atoms with Crippen molar-refractivity contribution >= 4 is 11.6 Å². The Bertz CT molecular complexity index is 1210. The second kappa shape index (κ2) is 7.25. The Labute approximate surface area is 173 Å². The molecule has 9 nitrogen and oxygen atoms in total. The quantitative estimate of drug-likeness (QED) is 0.566. The zero-order valence-corrected chi connectivity index (χ0v) is 16.9. The third kappa shape index (κ3) is 3.18. The lowest BCUT2D eigenvalue weighted by molar-refractivity contribution is 0.102. The van der Waals surface area contributed by atoms with E-state index in [4.69, 9.17) is 0 Å². The lowest BCUT2D eigenvalue weighted by Gasteiger charge is -2.16. The van der Waals surface area contributed by atoms with Crippen LogP contribution in [-0.4, -0.2) is 40.2 Å². The predicted octanol–water partition coefficient (Wildman–Crippen LogP) is 2.76. The molecule has 0 atom stereocenters. The molecule has 0 saturated heterocycles. The van der Waals surface area contributed by atoms with Crippen molar-refractivity contribution in [3.63, 3.8) is 0 Å². The first kappa shape index (κ1) is 18.3. The van der Waals surface area contributed by atoms with Crippen molar-refractivity contribution in [2.24, 2.45) is 7.05 Å². The molecule has 4 heterocycles. The van der Waals surface area contributed by atoms with Crippen LogP contribution < -0.4 is 5.32 Å². The number of anilines is 1. The van der Waals surface area contributed by atoms with E-state index < -0.39 is 0 Å². The zero-order valence-electron chi connectivity index (χ0n) is 16.9. The van der Waals surface area contributed by atoms with Gasteiger partial charge in [0.2, 0.25) is 0 Å². The van der Waals surface area contributed by atoms with Gasteiger partial charge in [0.05, 0.1) is 18.1 Å². The van der Waals surface area contributed by atoms with Crippen LogP contribution in [0.25, 0.3) is 17.1 Å². The van der Waals surface area contributed by atoms with E-state index in [1.807, 2.05) is 50.6 Å². The molecule has 152 valence electrons. The summed E-state index contributed by atoms with van der Waals surface area (Å²) in [5.74, 6) is 0.686. The summed E-state index contributed by atoms with van der Waals surface area (Å²) in [7, 11) is 1.83. The number of hydrogen-bond acceptors (Lipinski definition) is 5. The van der Waals surface area contributed by atoms with Gasteiger partial charge in [-0.05, 0) is 50.5 Å². The maximum atomic E-state index is 12.7. The molecule has 1 aliphatic rings. The van der Waals surface area contributed by atoms with Crippen LogP contribution in [0.5, 0.6) is 0 Å². The van der Waals surface area contributed by atoms with Crippen molar-refractivity contribution < 1.29 is 4.79 Å². The van der Waals surface area contributed by atoms with Crippen LogP contribution in [-0.2, 0) is 20.0 Å². The van der Waals surface area contributed by atoms with E-state index in [1.54, 1.807) is 15.6 Å². The Morgan fingerprint density at radius 2 is 1.97 bits per heavy atom. The normalized spacial score (nSPS) is 13.3. The molecule has 1 aromatic carbocycles. The summed E-state index contributed by atoms with van der Waals surface area (Å²) in [5, 5.41) is 15.2. The SMILES string of the molecule is Cc1c(C(=O)Nc2ccc(-c3ncc4n3CCCC4)cc2)nnn1-c1cnn(C)c1. The van der Waals surface area contributed by atoms with Gasteiger partial charge in [-0.1, -0.05) is 5.21 Å². The fourth-order valence-electron chi connectivity index (χ4n) is 3.86. The minimum absolute atomic E-state index is 0.283. The Kier molecular flexibility index (Phi) is 4.42. The van der Waals surface area contributed by atoms with Crippen LogP contribution in [0.3, 0.4) is 0 Å². The first-order valence-electron chi connectivity index (χ1n) is 9.97. The topological polar surface area (TPSA) is 95.4 Å². The van der Waals surface area contributed by atoms with Gasteiger partial charge in [-0.3, -0.25) is 9.48 Å². The minimum Gasteiger partial charge on any atom is -0.328 e. The Morgan fingerprint density at radius 1 is 1.13 bits per heavy atom. The second-order valence-electron chi connectivity index (χ2n) is 7.52. The van der Waals surface area contributed by atoms with Gasteiger partial charge in [-0.25, -0.2) is 9.67 Å². The van der Waals surface area contributed by atoms with Gasteiger partial charge in [-0.2, -0.15) is 5.10 Å². The molecule has 1 N–H and O–H groups in total. The maximum Gasteiger partial charge on any atom is 0.278 e. The van der Waals surface area contributed by atoms with Crippen LogP contribution >= 0.6 is 0 Å². The molecular formula is C21H22N8O. The number of nitrogens with zero attached hydrogens (tertiary/aromatic N) is 7. The summed E-state index contributed by atoms with van der Waals surface area (Å²) in [6.45, 7) is 2.82. The van der Waals surface area contributed by atoms with Gasteiger partial charge < -0.3 is 9.88 Å². The predicted molar refractivity (Wildman–Crippen MR) is 111 cm³/mol. The number of fused-ring (bicyclic) bond motifs is 1. The van der Waals surface area contributed by atoms with Crippen LogP contribution in [0.15, 0.2) is 42.9 Å². The summed E-state index contributed by atoms with van der Waals surface area (Å²) in [6, 6.07) is 7.75.